The fourth-order valence-corrected chi connectivity index (χ4v) is 1.66. The molecule has 0 unspecified atom stereocenters. The molecule has 0 atom stereocenters. The lowest BCUT2D eigenvalue weighted by Crippen LogP contribution is -1.93. The molecule has 0 saturated heterocycles. The van der Waals surface area contributed by atoms with Crippen LogP contribution in [0.5, 0.6) is 11.6 Å². The highest BCUT2D eigenvalue weighted by Gasteiger charge is 2.02. The van der Waals surface area contributed by atoms with Crippen molar-refractivity contribution in [3.63, 3.8) is 0 Å². The summed E-state index contributed by atoms with van der Waals surface area (Å²) in [6, 6.07) is 13.4. The first-order chi connectivity index (χ1) is 7.79. The van der Waals surface area contributed by atoms with Gasteiger partial charge in [0.25, 0.3) is 0 Å². The Bertz CT molecular complexity index is 471. The third-order valence-electron chi connectivity index (χ3n) is 2.28. The summed E-state index contributed by atoms with van der Waals surface area (Å²) in [5, 5.41) is 0. The van der Waals surface area contributed by atoms with Gasteiger partial charge in [0.1, 0.15) is 5.75 Å². The summed E-state index contributed by atoms with van der Waals surface area (Å²) in [4.78, 5) is 4.33. The number of para-hydroxylation sites is 1. The molecular weight excluding hydrogens is 222 g/mol. The van der Waals surface area contributed by atoms with Crippen molar-refractivity contribution in [3.8, 4) is 11.6 Å². The van der Waals surface area contributed by atoms with Gasteiger partial charge < -0.3 is 4.74 Å². The number of halogens is 1. The summed E-state index contributed by atoms with van der Waals surface area (Å²) in [5.41, 5.74) is 1.94. The average molecular weight is 234 g/mol. The lowest BCUT2D eigenvalue weighted by Gasteiger charge is -2.06. The van der Waals surface area contributed by atoms with Crippen LogP contribution in [0.4, 0.5) is 0 Å². The topological polar surface area (TPSA) is 22.1 Å². The SMILES string of the molecule is Cc1nc(Oc2ccccc2)ccc1CCl. The average Bonchev–Trinajstić information content (AvgIpc) is 2.31. The summed E-state index contributed by atoms with van der Waals surface area (Å²) in [7, 11) is 0. The van der Waals surface area contributed by atoms with Gasteiger partial charge >= 0.3 is 0 Å². The fraction of sp³-hybridized carbons (Fsp3) is 0.154. The molecule has 0 aliphatic heterocycles. The molecule has 0 radical (unpaired) electrons. The molecule has 1 aromatic carbocycles. The Morgan fingerprint density at radius 1 is 1.12 bits per heavy atom. The van der Waals surface area contributed by atoms with E-state index in [1.165, 1.54) is 0 Å². The molecule has 2 aromatic rings. The van der Waals surface area contributed by atoms with E-state index >= 15 is 0 Å². The largest absolute Gasteiger partial charge is 0.439 e. The molecule has 1 aromatic heterocycles. The van der Waals surface area contributed by atoms with Crippen molar-refractivity contribution in [2.45, 2.75) is 12.8 Å². The normalized spacial score (nSPS) is 10.1. The van der Waals surface area contributed by atoms with Gasteiger partial charge in [0.2, 0.25) is 5.88 Å². The van der Waals surface area contributed by atoms with Gasteiger partial charge in [-0.1, -0.05) is 24.3 Å². The Morgan fingerprint density at radius 2 is 1.88 bits per heavy atom. The maximum absolute atomic E-state index is 5.76. The van der Waals surface area contributed by atoms with Crippen LogP contribution in [-0.2, 0) is 5.88 Å². The predicted molar refractivity (Wildman–Crippen MR) is 65.0 cm³/mol. The van der Waals surface area contributed by atoms with Crippen LogP contribution in [0.3, 0.4) is 0 Å². The van der Waals surface area contributed by atoms with E-state index in [0.29, 0.717) is 11.8 Å². The van der Waals surface area contributed by atoms with Crippen LogP contribution in [0.2, 0.25) is 0 Å². The van der Waals surface area contributed by atoms with Crippen LogP contribution < -0.4 is 4.74 Å². The molecule has 2 nitrogen and oxygen atoms in total. The number of nitrogens with zero attached hydrogens (tertiary/aromatic N) is 1. The molecule has 2 rings (SSSR count). The van der Waals surface area contributed by atoms with E-state index in [-0.39, 0.29) is 0 Å². The standard InChI is InChI=1S/C13H12ClNO/c1-10-11(9-14)7-8-13(15-10)16-12-5-3-2-4-6-12/h2-8H,9H2,1H3. The van der Waals surface area contributed by atoms with E-state index in [4.69, 9.17) is 16.3 Å². The monoisotopic (exact) mass is 233 g/mol. The molecule has 3 heteroatoms. The van der Waals surface area contributed by atoms with Gasteiger partial charge in [0, 0.05) is 17.6 Å². The molecule has 0 N–H and O–H groups in total. The second kappa shape index (κ2) is 4.99. The number of alkyl halides is 1. The summed E-state index contributed by atoms with van der Waals surface area (Å²) < 4.78 is 5.60. The number of hydrogen-bond donors (Lipinski definition) is 0. The molecule has 0 saturated carbocycles. The molecule has 0 fully saturated rings. The van der Waals surface area contributed by atoms with Crippen molar-refractivity contribution in [2.75, 3.05) is 0 Å². The van der Waals surface area contributed by atoms with Crippen LogP contribution in [0.1, 0.15) is 11.3 Å². The number of aryl methyl sites for hydroxylation is 1. The van der Waals surface area contributed by atoms with E-state index in [2.05, 4.69) is 4.98 Å². The van der Waals surface area contributed by atoms with Crippen molar-refractivity contribution in [2.24, 2.45) is 0 Å². The van der Waals surface area contributed by atoms with Gasteiger partial charge in [-0.25, -0.2) is 4.98 Å². The summed E-state index contributed by atoms with van der Waals surface area (Å²) in [5.74, 6) is 1.86. The quantitative estimate of drug-likeness (QED) is 0.750. The molecule has 0 amide bonds. The van der Waals surface area contributed by atoms with Crippen LogP contribution in [0.25, 0.3) is 0 Å². The van der Waals surface area contributed by atoms with E-state index in [1.54, 1.807) is 0 Å². The summed E-state index contributed by atoms with van der Waals surface area (Å²) in [6.45, 7) is 1.93. The lowest BCUT2D eigenvalue weighted by atomic mass is 10.2. The first-order valence-corrected chi connectivity index (χ1v) is 5.58. The summed E-state index contributed by atoms with van der Waals surface area (Å²) >= 11 is 5.76. The molecule has 0 aliphatic rings. The first-order valence-electron chi connectivity index (χ1n) is 5.05. The van der Waals surface area contributed by atoms with Crippen molar-refractivity contribution in [1.29, 1.82) is 0 Å². The second-order valence-corrected chi connectivity index (χ2v) is 3.71. The Balaban J connectivity index is 2.20. The smallest absolute Gasteiger partial charge is 0.219 e. The predicted octanol–water partition coefficient (Wildman–Crippen LogP) is 3.92. The minimum atomic E-state index is 0.477. The Kier molecular flexibility index (Phi) is 3.42. The van der Waals surface area contributed by atoms with Crippen LogP contribution in [0.15, 0.2) is 42.5 Å². The van der Waals surface area contributed by atoms with Gasteiger partial charge in [-0.2, -0.15) is 0 Å². The van der Waals surface area contributed by atoms with E-state index in [0.717, 1.165) is 17.0 Å². The number of pyridine rings is 1. The third-order valence-corrected chi connectivity index (χ3v) is 2.57. The van der Waals surface area contributed by atoms with Crippen LogP contribution in [-0.4, -0.2) is 4.98 Å². The minimum absolute atomic E-state index is 0.477. The molecule has 0 aliphatic carbocycles. The van der Waals surface area contributed by atoms with Crippen molar-refractivity contribution < 1.29 is 4.74 Å². The number of aromatic nitrogens is 1. The van der Waals surface area contributed by atoms with Crippen LogP contribution >= 0.6 is 11.6 Å². The van der Waals surface area contributed by atoms with Crippen molar-refractivity contribution >= 4 is 11.6 Å². The molecule has 82 valence electrons. The third kappa shape index (κ3) is 2.52. The maximum Gasteiger partial charge on any atom is 0.219 e. The highest BCUT2D eigenvalue weighted by Crippen LogP contribution is 2.20. The first kappa shape index (κ1) is 11.0. The van der Waals surface area contributed by atoms with Gasteiger partial charge in [0.05, 0.1) is 0 Å². The number of rotatable bonds is 3. The van der Waals surface area contributed by atoms with Crippen molar-refractivity contribution in [1.82, 2.24) is 4.98 Å². The highest BCUT2D eigenvalue weighted by atomic mass is 35.5. The van der Waals surface area contributed by atoms with Gasteiger partial charge in [0.15, 0.2) is 0 Å². The molecule has 1 heterocycles. The highest BCUT2D eigenvalue weighted by molar-refractivity contribution is 6.17. The minimum Gasteiger partial charge on any atom is -0.439 e. The maximum atomic E-state index is 5.76. The van der Waals surface area contributed by atoms with Crippen molar-refractivity contribution in [3.05, 3.63) is 53.7 Å². The Morgan fingerprint density at radius 3 is 2.50 bits per heavy atom. The van der Waals surface area contributed by atoms with E-state index in [1.807, 2.05) is 49.4 Å². The molecule has 16 heavy (non-hydrogen) atoms. The lowest BCUT2D eigenvalue weighted by molar-refractivity contribution is 0.461. The number of ether oxygens (including phenoxy) is 1. The number of benzene rings is 1. The van der Waals surface area contributed by atoms with Gasteiger partial charge in [-0.15, -0.1) is 11.6 Å². The van der Waals surface area contributed by atoms with E-state index < -0.39 is 0 Å². The zero-order chi connectivity index (χ0) is 11.4. The Labute approximate surface area is 99.9 Å². The molecular formula is C13H12ClNO. The van der Waals surface area contributed by atoms with Gasteiger partial charge in [-0.05, 0) is 24.6 Å². The molecule has 0 bridgehead atoms. The van der Waals surface area contributed by atoms with Crippen LogP contribution in [0, 0.1) is 6.92 Å². The fourth-order valence-electron chi connectivity index (χ4n) is 1.37. The Hall–Kier alpha value is -1.54. The zero-order valence-electron chi connectivity index (χ0n) is 8.98. The zero-order valence-corrected chi connectivity index (χ0v) is 9.74. The number of hydrogen-bond acceptors (Lipinski definition) is 2. The second-order valence-electron chi connectivity index (χ2n) is 3.44. The van der Waals surface area contributed by atoms with Gasteiger partial charge in [-0.3, -0.25) is 0 Å². The molecule has 0 spiro atoms. The summed E-state index contributed by atoms with van der Waals surface area (Å²) in [6.07, 6.45) is 0. The van der Waals surface area contributed by atoms with E-state index in [9.17, 15) is 0 Å².